The summed E-state index contributed by atoms with van der Waals surface area (Å²) in [5, 5.41) is 0. The number of esters is 1. The van der Waals surface area contributed by atoms with E-state index in [1.165, 1.54) is 33.3 Å². The number of fused-ring (bicyclic) bond motifs is 1. The molecule has 41 heavy (non-hydrogen) atoms. The van der Waals surface area contributed by atoms with Crippen LogP contribution in [0.25, 0.3) is 6.08 Å². The molecule has 1 aliphatic rings. The van der Waals surface area contributed by atoms with E-state index in [0.717, 1.165) is 11.8 Å². The van der Waals surface area contributed by atoms with E-state index in [2.05, 4.69) is 0 Å². The number of methoxy groups -OCH3 is 4. The molecule has 0 aromatic heterocycles. The topological polar surface area (TPSA) is 101 Å². The molecule has 1 aliphatic heterocycles. The average Bonchev–Trinajstić information content (AvgIpc) is 3.00. The van der Waals surface area contributed by atoms with Gasteiger partial charge in [-0.25, -0.2) is 4.79 Å². The number of nitrogens with zero attached hydrogens (tertiary/aromatic N) is 1. The molecule has 1 amide bonds. The van der Waals surface area contributed by atoms with Crippen LogP contribution in [0.2, 0.25) is 0 Å². The molecular formula is C32H33NO8. The zero-order valence-corrected chi connectivity index (χ0v) is 24.0. The molecular weight excluding hydrogens is 526 g/mol. The molecule has 9 heteroatoms. The number of ether oxygens (including phenoxy) is 5. The number of hydrogen-bond donors (Lipinski definition) is 0. The fourth-order valence-electron chi connectivity index (χ4n) is 5.08. The van der Waals surface area contributed by atoms with Crippen LogP contribution in [0.1, 0.15) is 49.9 Å². The van der Waals surface area contributed by atoms with Crippen LogP contribution in [0.3, 0.4) is 0 Å². The Kier molecular flexibility index (Phi) is 8.66. The van der Waals surface area contributed by atoms with Crippen LogP contribution in [0, 0.1) is 6.92 Å². The number of aldehydes is 1. The maximum absolute atomic E-state index is 14.0. The Hall–Kier alpha value is -4.79. The highest BCUT2D eigenvalue weighted by molar-refractivity contribution is 6.00. The van der Waals surface area contributed by atoms with Crippen LogP contribution in [0.4, 0.5) is 0 Å². The normalized spacial score (nSPS) is 15.5. The van der Waals surface area contributed by atoms with E-state index in [0.29, 0.717) is 39.5 Å². The molecule has 3 aromatic rings. The summed E-state index contributed by atoms with van der Waals surface area (Å²) in [6, 6.07) is 13.8. The quantitative estimate of drug-likeness (QED) is 0.254. The molecule has 4 rings (SSSR count). The second kappa shape index (κ2) is 12.2. The van der Waals surface area contributed by atoms with Gasteiger partial charge in [-0.1, -0.05) is 23.8 Å². The van der Waals surface area contributed by atoms with Gasteiger partial charge in [0.05, 0.1) is 35.0 Å². The largest absolute Gasteiger partial charge is 0.493 e. The summed E-state index contributed by atoms with van der Waals surface area (Å²) in [6.45, 7) is 3.74. The fraction of sp³-hybridized carbons (Fsp3) is 0.281. The van der Waals surface area contributed by atoms with Crippen molar-refractivity contribution in [3.63, 3.8) is 0 Å². The lowest BCUT2D eigenvalue weighted by Crippen LogP contribution is -2.51. The molecule has 1 heterocycles. The molecule has 0 saturated carbocycles. The Morgan fingerprint density at radius 3 is 2.12 bits per heavy atom. The molecule has 3 aromatic carbocycles. The first-order valence-electron chi connectivity index (χ1n) is 13.0. The summed E-state index contributed by atoms with van der Waals surface area (Å²) >= 11 is 0. The van der Waals surface area contributed by atoms with Crippen LogP contribution in [0.15, 0.2) is 54.7 Å². The Bertz CT molecular complexity index is 1490. The van der Waals surface area contributed by atoms with Crippen molar-refractivity contribution in [1.29, 1.82) is 0 Å². The van der Waals surface area contributed by atoms with Crippen LogP contribution in [-0.4, -0.2) is 58.1 Å². The molecule has 0 aliphatic carbocycles. The van der Waals surface area contributed by atoms with Crippen molar-refractivity contribution in [2.75, 3.05) is 35.0 Å². The van der Waals surface area contributed by atoms with Crippen molar-refractivity contribution in [3.05, 3.63) is 88.1 Å². The fourth-order valence-corrected chi connectivity index (χ4v) is 5.08. The summed E-state index contributed by atoms with van der Waals surface area (Å²) in [7, 11) is 5.90. The number of aryl methyl sites for hydroxylation is 1. The van der Waals surface area contributed by atoms with E-state index in [1.54, 1.807) is 55.6 Å². The number of carbonyl (C=O) groups is 3. The minimum atomic E-state index is -1.59. The lowest BCUT2D eigenvalue weighted by molar-refractivity contribution is -0.116. The van der Waals surface area contributed by atoms with Crippen molar-refractivity contribution in [3.8, 4) is 23.0 Å². The first kappa shape index (κ1) is 29.2. The van der Waals surface area contributed by atoms with Gasteiger partial charge in [-0.05, 0) is 66.9 Å². The Balaban J connectivity index is 2.00. The Morgan fingerprint density at radius 1 is 0.878 bits per heavy atom. The SMILES string of the molecule is CCOC(=O)c1c(CC2(C=O)c3cc(OC)c(OC)cc3C=CN2C(=O)c2ccc(C)cc2)ccc(OC)c1OC. The Morgan fingerprint density at radius 2 is 1.54 bits per heavy atom. The van der Waals surface area contributed by atoms with E-state index in [4.69, 9.17) is 23.7 Å². The summed E-state index contributed by atoms with van der Waals surface area (Å²) < 4.78 is 27.4. The van der Waals surface area contributed by atoms with Crippen molar-refractivity contribution in [2.24, 2.45) is 0 Å². The number of amides is 1. The van der Waals surface area contributed by atoms with Gasteiger partial charge >= 0.3 is 5.97 Å². The summed E-state index contributed by atoms with van der Waals surface area (Å²) in [6.07, 6.45) is 3.95. The average molecular weight is 560 g/mol. The molecule has 0 fully saturated rings. The van der Waals surface area contributed by atoms with Gasteiger partial charge in [0, 0.05) is 18.2 Å². The zero-order chi connectivity index (χ0) is 29.7. The molecule has 0 radical (unpaired) electrons. The second-order valence-electron chi connectivity index (χ2n) is 9.43. The predicted octanol–water partition coefficient (Wildman–Crippen LogP) is 4.97. The highest BCUT2D eigenvalue weighted by atomic mass is 16.5. The number of carbonyl (C=O) groups excluding carboxylic acids is 3. The molecule has 0 bridgehead atoms. The minimum Gasteiger partial charge on any atom is -0.493 e. The summed E-state index contributed by atoms with van der Waals surface area (Å²) in [5.74, 6) is 0.296. The second-order valence-corrected chi connectivity index (χ2v) is 9.43. The molecule has 0 N–H and O–H groups in total. The maximum atomic E-state index is 14.0. The maximum Gasteiger partial charge on any atom is 0.342 e. The van der Waals surface area contributed by atoms with Gasteiger partial charge in [0.2, 0.25) is 0 Å². The van der Waals surface area contributed by atoms with Gasteiger partial charge < -0.3 is 28.5 Å². The third-order valence-electron chi connectivity index (χ3n) is 7.14. The van der Waals surface area contributed by atoms with E-state index in [1.807, 2.05) is 19.1 Å². The summed E-state index contributed by atoms with van der Waals surface area (Å²) in [4.78, 5) is 42.1. The van der Waals surface area contributed by atoms with E-state index in [-0.39, 0.29) is 24.3 Å². The van der Waals surface area contributed by atoms with Crippen molar-refractivity contribution in [2.45, 2.75) is 25.8 Å². The third kappa shape index (κ3) is 5.23. The van der Waals surface area contributed by atoms with Gasteiger partial charge in [0.1, 0.15) is 11.1 Å². The van der Waals surface area contributed by atoms with Gasteiger partial charge in [-0.2, -0.15) is 0 Å². The first-order chi connectivity index (χ1) is 19.8. The molecule has 1 atom stereocenters. The van der Waals surface area contributed by atoms with Gasteiger partial charge in [-0.3, -0.25) is 9.69 Å². The van der Waals surface area contributed by atoms with Gasteiger partial charge in [0.15, 0.2) is 29.3 Å². The lowest BCUT2D eigenvalue weighted by atomic mass is 9.77. The number of hydrogen-bond acceptors (Lipinski definition) is 8. The van der Waals surface area contributed by atoms with E-state index in [9.17, 15) is 14.4 Å². The van der Waals surface area contributed by atoms with Crippen molar-refractivity contribution >= 4 is 24.2 Å². The van der Waals surface area contributed by atoms with Crippen LogP contribution in [-0.2, 0) is 21.5 Å². The smallest absolute Gasteiger partial charge is 0.342 e. The monoisotopic (exact) mass is 559 g/mol. The standard InChI is InChI=1S/C32H33NO8/c1-7-41-31(36)28-23(12-13-25(37-3)29(28)40-6)18-32(19-34)24-17-27(39-5)26(38-4)16-22(24)14-15-33(32)30(35)21-10-8-20(2)9-11-21/h8-17,19H,7,18H2,1-6H3. The summed E-state index contributed by atoms with van der Waals surface area (Å²) in [5.41, 5.74) is 1.47. The number of rotatable bonds is 10. The van der Waals surface area contributed by atoms with E-state index < -0.39 is 17.4 Å². The molecule has 1 unspecified atom stereocenters. The Labute approximate surface area is 239 Å². The highest BCUT2D eigenvalue weighted by Gasteiger charge is 2.46. The van der Waals surface area contributed by atoms with Gasteiger partial charge in [0.25, 0.3) is 5.91 Å². The van der Waals surface area contributed by atoms with Gasteiger partial charge in [-0.15, -0.1) is 0 Å². The molecule has 0 spiro atoms. The van der Waals surface area contributed by atoms with Crippen LogP contribution in [0.5, 0.6) is 23.0 Å². The molecule has 9 nitrogen and oxygen atoms in total. The third-order valence-corrected chi connectivity index (χ3v) is 7.14. The van der Waals surface area contributed by atoms with E-state index >= 15 is 0 Å². The minimum absolute atomic E-state index is 0.0879. The van der Waals surface area contributed by atoms with Crippen molar-refractivity contribution in [1.82, 2.24) is 4.90 Å². The van der Waals surface area contributed by atoms with Crippen LogP contribution < -0.4 is 18.9 Å². The first-order valence-corrected chi connectivity index (χ1v) is 13.0. The number of benzene rings is 3. The molecule has 0 saturated heterocycles. The molecule has 214 valence electrons. The highest BCUT2D eigenvalue weighted by Crippen LogP contribution is 2.45. The van der Waals surface area contributed by atoms with Crippen molar-refractivity contribution < 1.29 is 38.1 Å². The predicted molar refractivity (Wildman–Crippen MR) is 153 cm³/mol. The lowest BCUT2D eigenvalue weighted by Gasteiger charge is -2.42. The van der Waals surface area contributed by atoms with Crippen LogP contribution >= 0.6 is 0 Å². The zero-order valence-electron chi connectivity index (χ0n) is 24.0.